The lowest BCUT2D eigenvalue weighted by atomic mass is 10.2. The van der Waals surface area contributed by atoms with Crippen LogP contribution in [-0.4, -0.2) is 32.4 Å². The van der Waals surface area contributed by atoms with Crippen LogP contribution in [0, 0.1) is 0 Å². The fourth-order valence-electron chi connectivity index (χ4n) is 2.22. The van der Waals surface area contributed by atoms with Crippen LogP contribution in [0.2, 0.25) is 0 Å². The van der Waals surface area contributed by atoms with Crippen molar-refractivity contribution in [2.24, 2.45) is 0 Å². The molecule has 3 aromatic rings. The van der Waals surface area contributed by atoms with E-state index in [2.05, 4.69) is 10.1 Å². The molecule has 0 aliphatic carbocycles. The van der Waals surface area contributed by atoms with E-state index >= 15 is 0 Å². The van der Waals surface area contributed by atoms with E-state index in [1.807, 2.05) is 6.07 Å². The molecule has 0 aliphatic rings. The maximum Gasteiger partial charge on any atom is 0.359 e. The van der Waals surface area contributed by atoms with Gasteiger partial charge in [0.1, 0.15) is 11.4 Å². The SMILES string of the molecule is CCOC(=O)c1nn(-c2ccccc2)c2[nH]c(=O)cc(O)c12. The van der Waals surface area contributed by atoms with Gasteiger partial charge in [-0.15, -0.1) is 0 Å². The molecular formula is C15H13N3O4. The van der Waals surface area contributed by atoms with Gasteiger partial charge in [-0.2, -0.15) is 5.10 Å². The minimum atomic E-state index is -0.662. The summed E-state index contributed by atoms with van der Waals surface area (Å²) in [4.78, 5) is 26.3. The first-order chi connectivity index (χ1) is 10.6. The Morgan fingerprint density at radius 2 is 2.09 bits per heavy atom. The molecule has 0 saturated heterocycles. The van der Waals surface area contributed by atoms with Crippen molar-refractivity contribution in [1.29, 1.82) is 0 Å². The molecule has 0 unspecified atom stereocenters. The second-order valence-corrected chi connectivity index (χ2v) is 4.56. The minimum absolute atomic E-state index is 0.0468. The van der Waals surface area contributed by atoms with Crippen LogP contribution >= 0.6 is 0 Å². The molecule has 0 amide bonds. The number of aromatic nitrogens is 3. The lowest BCUT2D eigenvalue weighted by Crippen LogP contribution is -2.07. The predicted octanol–water partition coefficient (Wildman–Crippen LogP) is 1.60. The summed E-state index contributed by atoms with van der Waals surface area (Å²) in [5.74, 6) is -0.978. The zero-order valence-corrected chi connectivity index (χ0v) is 11.7. The average Bonchev–Trinajstić information content (AvgIpc) is 2.88. The van der Waals surface area contributed by atoms with Gasteiger partial charge in [0.15, 0.2) is 5.69 Å². The Bertz CT molecular complexity index is 896. The van der Waals surface area contributed by atoms with E-state index in [9.17, 15) is 14.7 Å². The maximum absolute atomic E-state index is 12.0. The van der Waals surface area contributed by atoms with Gasteiger partial charge in [-0.05, 0) is 19.1 Å². The zero-order valence-electron chi connectivity index (χ0n) is 11.7. The van der Waals surface area contributed by atoms with Gasteiger partial charge in [0, 0.05) is 6.07 Å². The third kappa shape index (κ3) is 2.22. The Hall–Kier alpha value is -3.09. The lowest BCUT2D eigenvalue weighted by molar-refractivity contribution is 0.0521. The number of hydrogen-bond acceptors (Lipinski definition) is 5. The number of H-pyrrole nitrogens is 1. The first-order valence-corrected chi connectivity index (χ1v) is 6.69. The molecule has 2 heterocycles. The number of carbonyl (C=O) groups excluding carboxylic acids is 1. The van der Waals surface area contributed by atoms with Gasteiger partial charge in [-0.1, -0.05) is 18.2 Å². The number of pyridine rings is 1. The van der Waals surface area contributed by atoms with Gasteiger partial charge < -0.3 is 14.8 Å². The van der Waals surface area contributed by atoms with Crippen LogP contribution in [0.3, 0.4) is 0 Å². The van der Waals surface area contributed by atoms with E-state index in [1.54, 1.807) is 31.2 Å². The van der Waals surface area contributed by atoms with E-state index in [-0.39, 0.29) is 29.1 Å². The molecule has 0 fully saturated rings. The molecular weight excluding hydrogens is 286 g/mol. The van der Waals surface area contributed by atoms with Crippen LogP contribution in [0.25, 0.3) is 16.7 Å². The molecule has 7 nitrogen and oxygen atoms in total. The highest BCUT2D eigenvalue weighted by Crippen LogP contribution is 2.27. The fourth-order valence-corrected chi connectivity index (χ4v) is 2.22. The smallest absolute Gasteiger partial charge is 0.359 e. The van der Waals surface area contributed by atoms with Gasteiger partial charge in [0.05, 0.1) is 17.7 Å². The first-order valence-electron chi connectivity index (χ1n) is 6.69. The number of fused-ring (bicyclic) bond motifs is 1. The molecule has 7 heteroatoms. The van der Waals surface area contributed by atoms with E-state index in [4.69, 9.17) is 4.74 Å². The van der Waals surface area contributed by atoms with Gasteiger partial charge in [-0.25, -0.2) is 9.48 Å². The first kappa shape index (κ1) is 13.9. The van der Waals surface area contributed by atoms with Crippen molar-refractivity contribution >= 4 is 17.0 Å². The number of nitrogens with one attached hydrogen (secondary N) is 1. The largest absolute Gasteiger partial charge is 0.507 e. The summed E-state index contributed by atoms with van der Waals surface area (Å²) in [7, 11) is 0. The Balaban J connectivity index is 2.34. The average molecular weight is 299 g/mol. The van der Waals surface area contributed by atoms with Crippen molar-refractivity contribution in [3.63, 3.8) is 0 Å². The summed E-state index contributed by atoms with van der Waals surface area (Å²) in [6, 6.07) is 9.97. The topological polar surface area (TPSA) is 97.2 Å². The Labute approximate surface area is 124 Å². The van der Waals surface area contributed by atoms with Crippen LogP contribution in [0.1, 0.15) is 17.4 Å². The normalized spacial score (nSPS) is 10.8. The molecule has 0 atom stereocenters. The number of aromatic amines is 1. The minimum Gasteiger partial charge on any atom is -0.507 e. The highest BCUT2D eigenvalue weighted by Gasteiger charge is 2.22. The van der Waals surface area contributed by atoms with E-state index in [0.717, 1.165) is 6.07 Å². The number of benzene rings is 1. The highest BCUT2D eigenvalue weighted by molar-refractivity contribution is 6.04. The molecule has 0 bridgehead atoms. The van der Waals surface area contributed by atoms with Crippen LogP contribution in [-0.2, 0) is 4.74 Å². The summed E-state index contributed by atoms with van der Waals surface area (Å²) in [5.41, 5.74) is 0.343. The van der Waals surface area contributed by atoms with Crippen LogP contribution in [0.4, 0.5) is 0 Å². The third-order valence-electron chi connectivity index (χ3n) is 3.12. The van der Waals surface area contributed by atoms with Gasteiger partial charge in [-0.3, -0.25) is 4.79 Å². The zero-order chi connectivity index (χ0) is 15.7. The number of hydrogen-bond donors (Lipinski definition) is 2. The van der Waals surface area contributed by atoms with Crippen LogP contribution < -0.4 is 5.56 Å². The Morgan fingerprint density at radius 1 is 1.36 bits per heavy atom. The highest BCUT2D eigenvalue weighted by atomic mass is 16.5. The van der Waals surface area contributed by atoms with Gasteiger partial charge >= 0.3 is 5.97 Å². The molecule has 0 saturated carbocycles. The van der Waals surface area contributed by atoms with Crippen molar-refractivity contribution in [3.05, 3.63) is 52.4 Å². The van der Waals surface area contributed by atoms with Crippen molar-refractivity contribution in [3.8, 4) is 11.4 Å². The number of nitrogens with zero attached hydrogens (tertiary/aromatic N) is 2. The van der Waals surface area contributed by atoms with Crippen LogP contribution in [0.15, 0.2) is 41.2 Å². The van der Waals surface area contributed by atoms with Crippen molar-refractivity contribution in [2.75, 3.05) is 6.61 Å². The fraction of sp³-hybridized carbons (Fsp3) is 0.133. The van der Waals surface area contributed by atoms with E-state index in [0.29, 0.717) is 5.69 Å². The van der Waals surface area contributed by atoms with Crippen LogP contribution in [0.5, 0.6) is 5.75 Å². The molecule has 0 spiro atoms. The second kappa shape index (κ2) is 5.36. The number of esters is 1. The molecule has 0 aliphatic heterocycles. The summed E-state index contributed by atoms with van der Waals surface area (Å²) in [6.45, 7) is 1.86. The quantitative estimate of drug-likeness (QED) is 0.716. The summed E-state index contributed by atoms with van der Waals surface area (Å²) < 4.78 is 6.34. The number of ether oxygens (including phenoxy) is 1. The number of rotatable bonds is 3. The molecule has 2 N–H and O–H groups in total. The molecule has 2 aromatic heterocycles. The van der Waals surface area contributed by atoms with Crippen molar-refractivity contribution in [2.45, 2.75) is 6.92 Å². The second-order valence-electron chi connectivity index (χ2n) is 4.56. The standard InChI is InChI=1S/C15H13N3O4/c1-2-22-15(21)13-12-10(19)8-11(20)16-14(12)18(17-13)9-6-4-3-5-7-9/h3-8H,2H2,1H3,(H2,16,19,20). The van der Waals surface area contributed by atoms with E-state index in [1.165, 1.54) is 4.68 Å². The van der Waals surface area contributed by atoms with E-state index < -0.39 is 11.5 Å². The monoisotopic (exact) mass is 299 g/mol. The van der Waals surface area contributed by atoms with Crippen molar-refractivity contribution < 1.29 is 14.6 Å². The third-order valence-corrected chi connectivity index (χ3v) is 3.12. The number of carbonyl (C=O) groups is 1. The molecule has 0 radical (unpaired) electrons. The maximum atomic E-state index is 12.0. The summed E-state index contributed by atoms with van der Waals surface area (Å²) in [5, 5.41) is 14.4. The Kier molecular flexibility index (Phi) is 3.38. The summed E-state index contributed by atoms with van der Waals surface area (Å²) >= 11 is 0. The Morgan fingerprint density at radius 3 is 2.77 bits per heavy atom. The predicted molar refractivity (Wildman–Crippen MR) is 79.3 cm³/mol. The summed E-state index contributed by atoms with van der Waals surface area (Å²) in [6.07, 6.45) is 0. The van der Waals surface area contributed by atoms with Crippen molar-refractivity contribution in [1.82, 2.24) is 14.8 Å². The number of aromatic hydroxyl groups is 1. The molecule has 3 rings (SSSR count). The number of para-hydroxylation sites is 1. The van der Waals surface area contributed by atoms with Gasteiger partial charge in [0.2, 0.25) is 0 Å². The molecule has 22 heavy (non-hydrogen) atoms. The molecule has 112 valence electrons. The molecule has 1 aromatic carbocycles. The van der Waals surface area contributed by atoms with Gasteiger partial charge in [0.25, 0.3) is 5.56 Å². The lowest BCUT2D eigenvalue weighted by Gasteiger charge is -2.02.